The van der Waals surface area contributed by atoms with E-state index in [-0.39, 0.29) is 10.6 Å². The van der Waals surface area contributed by atoms with Crippen LogP contribution in [0.25, 0.3) is 0 Å². The molecule has 1 fully saturated rings. The van der Waals surface area contributed by atoms with Gasteiger partial charge in [-0.1, -0.05) is 6.07 Å². The van der Waals surface area contributed by atoms with Crippen LogP contribution in [0.3, 0.4) is 0 Å². The normalized spacial score (nSPS) is 17.7. The van der Waals surface area contributed by atoms with Crippen molar-refractivity contribution in [2.75, 3.05) is 12.0 Å². The minimum atomic E-state index is -3.43. The molecule has 17 heavy (non-hydrogen) atoms. The van der Waals surface area contributed by atoms with Crippen molar-refractivity contribution in [1.29, 1.82) is 0 Å². The SMILES string of the molecule is CS(=O)(=O)c1cc(C2(C(=O)O)CC2)ccc1N. The van der Waals surface area contributed by atoms with Gasteiger partial charge in [0.05, 0.1) is 16.0 Å². The van der Waals surface area contributed by atoms with Crippen molar-refractivity contribution in [2.45, 2.75) is 23.2 Å². The molecule has 0 aromatic heterocycles. The molecule has 0 heterocycles. The van der Waals surface area contributed by atoms with Crippen molar-refractivity contribution >= 4 is 21.5 Å². The Morgan fingerprint density at radius 1 is 1.41 bits per heavy atom. The number of hydrogen-bond acceptors (Lipinski definition) is 4. The summed E-state index contributed by atoms with van der Waals surface area (Å²) in [5.41, 5.74) is 5.34. The molecule has 0 bridgehead atoms. The maximum atomic E-state index is 11.5. The van der Waals surface area contributed by atoms with Crippen LogP contribution in [0.1, 0.15) is 18.4 Å². The Bertz CT molecular complexity index is 587. The fourth-order valence-corrected chi connectivity index (χ4v) is 2.74. The van der Waals surface area contributed by atoms with Crippen LogP contribution in [-0.2, 0) is 20.0 Å². The third-order valence-electron chi connectivity index (χ3n) is 3.13. The molecule has 1 aliphatic rings. The highest BCUT2D eigenvalue weighted by molar-refractivity contribution is 7.90. The third kappa shape index (κ3) is 1.88. The van der Waals surface area contributed by atoms with E-state index < -0.39 is 21.2 Å². The Kier molecular flexibility index (Phi) is 2.43. The molecule has 1 aliphatic carbocycles. The summed E-state index contributed by atoms with van der Waals surface area (Å²) in [7, 11) is -3.43. The Labute approximate surface area is 99.2 Å². The van der Waals surface area contributed by atoms with Crippen LogP contribution in [0.4, 0.5) is 5.69 Å². The lowest BCUT2D eigenvalue weighted by Crippen LogP contribution is -2.20. The van der Waals surface area contributed by atoms with Crippen LogP contribution in [-0.4, -0.2) is 25.7 Å². The Morgan fingerprint density at radius 3 is 2.41 bits per heavy atom. The van der Waals surface area contributed by atoms with E-state index in [0.29, 0.717) is 18.4 Å². The maximum absolute atomic E-state index is 11.5. The monoisotopic (exact) mass is 255 g/mol. The molecule has 0 unspecified atom stereocenters. The zero-order valence-electron chi connectivity index (χ0n) is 9.30. The van der Waals surface area contributed by atoms with Gasteiger partial charge in [-0.2, -0.15) is 0 Å². The van der Waals surface area contributed by atoms with Gasteiger partial charge < -0.3 is 10.8 Å². The van der Waals surface area contributed by atoms with Gasteiger partial charge in [-0.05, 0) is 30.5 Å². The summed E-state index contributed by atoms with van der Waals surface area (Å²) in [6.07, 6.45) is 2.13. The van der Waals surface area contributed by atoms with Crippen molar-refractivity contribution in [3.8, 4) is 0 Å². The number of hydrogen-bond donors (Lipinski definition) is 2. The average molecular weight is 255 g/mol. The van der Waals surface area contributed by atoms with E-state index in [4.69, 9.17) is 10.8 Å². The summed E-state index contributed by atoms with van der Waals surface area (Å²) in [4.78, 5) is 11.2. The number of nitrogens with two attached hydrogens (primary N) is 1. The lowest BCUT2D eigenvalue weighted by Gasteiger charge is -2.12. The second kappa shape index (κ2) is 3.46. The first kappa shape index (κ1) is 11.9. The number of anilines is 1. The van der Waals surface area contributed by atoms with E-state index in [0.717, 1.165) is 6.26 Å². The summed E-state index contributed by atoms with van der Waals surface area (Å²) in [6, 6.07) is 4.42. The molecule has 0 radical (unpaired) electrons. The maximum Gasteiger partial charge on any atom is 0.314 e. The van der Waals surface area contributed by atoms with E-state index in [1.165, 1.54) is 12.1 Å². The standard InChI is InChI=1S/C11H13NO4S/c1-17(15,16)9-6-7(2-3-8(9)12)11(4-5-11)10(13)14/h2-3,6H,4-5,12H2,1H3,(H,13,14). The number of rotatable bonds is 3. The molecule has 1 aromatic rings. The third-order valence-corrected chi connectivity index (χ3v) is 4.28. The van der Waals surface area contributed by atoms with Crippen LogP contribution >= 0.6 is 0 Å². The van der Waals surface area contributed by atoms with Crippen molar-refractivity contribution in [3.63, 3.8) is 0 Å². The molecule has 0 atom stereocenters. The predicted octanol–water partition coefficient (Wildman–Crippen LogP) is 0.788. The summed E-state index contributed by atoms with van der Waals surface area (Å²) in [5, 5.41) is 9.14. The van der Waals surface area contributed by atoms with E-state index in [9.17, 15) is 13.2 Å². The van der Waals surface area contributed by atoms with Crippen LogP contribution < -0.4 is 5.73 Å². The predicted molar refractivity (Wildman–Crippen MR) is 62.5 cm³/mol. The number of sulfone groups is 1. The van der Waals surface area contributed by atoms with Crippen LogP contribution in [0.5, 0.6) is 0 Å². The topological polar surface area (TPSA) is 97.5 Å². The second-order valence-electron chi connectivity index (χ2n) is 4.41. The lowest BCUT2D eigenvalue weighted by atomic mass is 9.96. The van der Waals surface area contributed by atoms with Crippen molar-refractivity contribution in [3.05, 3.63) is 23.8 Å². The van der Waals surface area contributed by atoms with Gasteiger partial charge in [0.2, 0.25) is 0 Å². The molecular weight excluding hydrogens is 242 g/mol. The number of aliphatic carboxylic acids is 1. The van der Waals surface area contributed by atoms with Gasteiger partial charge in [0.15, 0.2) is 9.84 Å². The quantitative estimate of drug-likeness (QED) is 0.778. The Morgan fingerprint density at radius 2 is 2.00 bits per heavy atom. The number of carbonyl (C=O) groups is 1. The number of carboxylic acids is 1. The number of carboxylic acid groups (broad SMARTS) is 1. The van der Waals surface area contributed by atoms with Gasteiger partial charge in [0.25, 0.3) is 0 Å². The van der Waals surface area contributed by atoms with Gasteiger partial charge in [-0.3, -0.25) is 4.79 Å². The van der Waals surface area contributed by atoms with Crippen molar-refractivity contribution in [2.24, 2.45) is 0 Å². The fourth-order valence-electron chi connectivity index (χ4n) is 1.90. The van der Waals surface area contributed by atoms with Gasteiger partial charge in [-0.15, -0.1) is 0 Å². The van der Waals surface area contributed by atoms with Crippen LogP contribution in [0, 0.1) is 0 Å². The molecule has 0 saturated heterocycles. The number of nitrogen functional groups attached to an aromatic ring is 1. The second-order valence-corrected chi connectivity index (χ2v) is 6.40. The molecule has 0 aliphatic heterocycles. The van der Waals surface area contributed by atoms with E-state index in [2.05, 4.69) is 0 Å². The molecule has 92 valence electrons. The minimum Gasteiger partial charge on any atom is -0.481 e. The lowest BCUT2D eigenvalue weighted by molar-refractivity contribution is -0.140. The molecule has 0 spiro atoms. The zero-order valence-corrected chi connectivity index (χ0v) is 10.1. The minimum absolute atomic E-state index is 0.00234. The first-order chi connectivity index (χ1) is 7.77. The largest absolute Gasteiger partial charge is 0.481 e. The van der Waals surface area contributed by atoms with Gasteiger partial charge in [0, 0.05) is 6.26 Å². The van der Waals surface area contributed by atoms with Gasteiger partial charge >= 0.3 is 5.97 Å². The van der Waals surface area contributed by atoms with Crippen molar-refractivity contribution < 1.29 is 18.3 Å². The Balaban J connectivity index is 2.57. The molecule has 3 N–H and O–H groups in total. The average Bonchev–Trinajstić information content (AvgIpc) is 2.97. The van der Waals surface area contributed by atoms with Gasteiger partial charge in [0.1, 0.15) is 0 Å². The molecule has 6 heteroatoms. The fraction of sp³-hybridized carbons (Fsp3) is 0.364. The summed E-state index contributed by atoms with van der Waals surface area (Å²) in [6.45, 7) is 0. The van der Waals surface area contributed by atoms with Crippen molar-refractivity contribution in [1.82, 2.24) is 0 Å². The molecule has 1 aromatic carbocycles. The first-order valence-electron chi connectivity index (χ1n) is 5.11. The molecule has 1 saturated carbocycles. The smallest absolute Gasteiger partial charge is 0.314 e. The highest BCUT2D eigenvalue weighted by atomic mass is 32.2. The highest BCUT2D eigenvalue weighted by Gasteiger charge is 2.52. The molecular formula is C11H13NO4S. The van der Waals surface area contributed by atoms with E-state index in [1.807, 2.05) is 0 Å². The summed E-state index contributed by atoms with van der Waals surface area (Å²) < 4.78 is 23.0. The van der Waals surface area contributed by atoms with Gasteiger partial charge in [-0.25, -0.2) is 8.42 Å². The first-order valence-corrected chi connectivity index (χ1v) is 7.00. The van der Waals surface area contributed by atoms with E-state index >= 15 is 0 Å². The highest BCUT2D eigenvalue weighted by Crippen LogP contribution is 2.49. The summed E-state index contributed by atoms with van der Waals surface area (Å²) in [5.74, 6) is -0.915. The number of benzene rings is 1. The van der Waals surface area contributed by atoms with Crippen LogP contribution in [0.15, 0.2) is 23.1 Å². The van der Waals surface area contributed by atoms with E-state index in [1.54, 1.807) is 6.07 Å². The summed E-state index contributed by atoms with van der Waals surface area (Å²) >= 11 is 0. The molecule has 5 nitrogen and oxygen atoms in total. The molecule has 0 amide bonds. The zero-order chi connectivity index (χ0) is 12.8. The van der Waals surface area contributed by atoms with Crippen LogP contribution in [0.2, 0.25) is 0 Å². The Hall–Kier alpha value is -1.56. The molecule has 2 rings (SSSR count).